The standard InChI is InChI=1S/C23H23ClN2O5S2/c1-4-30-18-11-10-16(12-17(18)27)26(3)33-19-13-20(24)32-21(19)22(28)25-15-8-6-14(7-9-15)23(29)31-5-2/h6-13,27H,4-5H2,1-3H3,(H,25,28). The van der Waals surface area contributed by atoms with Gasteiger partial charge in [-0.3, -0.25) is 4.79 Å². The first-order chi connectivity index (χ1) is 15.8. The molecule has 0 aliphatic carbocycles. The van der Waals surface area contributed by atoms with Gasteiger partial charge < -0.3 is 24.2 Å². The van der Waals surface area contributed by atoms with Gasteiger partial charge in [0.25, 0.3) is 5.91 Å². The summed E-state index contributed by atoms with van der Waals surface area (Å²) in [5, 5.41) is 13.0. The minimum atomic E-state index is -0.414. The third-order valence-corrected chi connectivity index (χ3v) is 6.76. The Labute approximate surface area is 205 Å². The number of hydrogen-bond donors (Lipinski definition) is 2. The Hall–Kier alpha value is -2.88. The molecular formula is C23H23ClN2O5S2. The number of nitrogens with one attached hydrogen (secondary N) is 1. The number of esters is 1. The number of carbonyl (C=O) groups is 2. The summed E-state index contributed by atoms with van der Waals surface area (Å²) in [5.74, 6) is -0.287. The maximum atomic E-state index is 12.9. The Morgan fingerprint density at radius 3 is 2.48 bits per heavy atom. The third kappa shape index (κ3) is 6.34. The van der Waals surface area contributed by atoms with Crippen molar-refractivity contribution in [3.05, 3.63) is 63.3 Å². The Morgan fingerprint density at radius 2 is 1.85 bits per heavy atom. The second-order valence-electron chi connectivity index (χ2n) is 6.67. The highest BCUT2D eigenvalue weighted by Gasteiger charge is 2.19. The number of amides is 1. The normalized spacial score (nSPS) is 10.5. The fourth-order valence-corrected chi connectivity index (χ4v) is 5.10. The Bertz CT molecular complexity index is 1130. The first-order valence-electron chi connectivity index (χ1n) is 10.1. The van der Waals surface area contributed by atoms with Gasteiger partial charge in [-0.15, -0.1) is 11.3 Å². The molecule has 0 atom stereocenters. The van der Waals surface area contributed by atoms with Crippen LogP contribution in [0.4, 0.5) is 11.4 Å². The SMILES string of the molecule is CCOC(=O)c1ccc(NC(=O)c2sc(Cl)cc2SN(C)c2ccc(OCC)c(O)c2)cc1. The lowest BCUT2D eigenvalue weighted by Gasteiger charge is -2.19. The molecule has 0 bridgehead atoms. The van der Waals surface area contributed by atoms with Crippen LogP contribution in [0.3, 0.4) is 0 Å². The van der Waals surface area contributed by atoms with Crippen LogP contribution in [0.15, 0.2) is 53.4 Å². The molecule has 0 fully saturated rings. The molecule has 1 aromatic heterocycles. The maximum absolute atomic E-state index is 12.9. The van der Waals surface area contributed by atoms with Crippen molar-refractivity contribution in [3.63, 3.8) is 0 Å². The van der Waals surface area contributed by atoms with Gasteiger partial charge in [0.15, 0.2) is 11.5 Å². The van der Waals surface area contributed by atoms with Gasteiger partial charge in [-0.2, -0.15) is 0 Å². The number of nitrogens with zero attached hydrogens (tertiary/aromatic N) is 1. The first kappa shape index (κ1) is 24.8. The summed E-state index contributed by atoms with van der Waals surface area (Å²) in [7, 11) is 1.82. The lowest BCUT2D eigenvalue weighted by atomic mass is 10.2. The Balaban J connectivity index is 1.72. The van der Waals surface area contributed by atoms with Crippen LogP contribution < -0.4 is 14.4 Å². The van der Waals surface area contributed by atoms with Crippen molar-refractivity contribution in [3.8, 4) is 11.5 Å². The Kier molecular flexibility index (Phi) is 8.49. The number of ether oxygens (including phenoxy) is 2. The zero-order chi connectivity index (χ0) is 24.0. The van der Waals surface area contributed by atoms with Gasteiger partial charge >= 0.3 is 5.97 Å². The molecule has 174 valence electrons. The minimum absolute atomic E-state index is 0.0365. The van der Waals surface area contributed by atoms with Crippen LogP contribution in [0.5, 0.6) is 11.5 Å². The van der Waals surface area contributed by atoms with Gasteiger partial charge in [-0.05, 0) is 68.3 Å². The molecule has 1 heterocycles. The topological polar surface area (TPSA) is 88.1 Å². The highest BCUT2D eigenvalue weighted by Crippen LogP contribution is 2.39. The number of anilines is 2. The maximum Gasteiger partial charge on any atom is 0.338 e. The summed E-state index contributed by atoms with van der Waals surface area (Å²) in [6.07, 6.45) is 0. The summed E-state index contributed by atoms with van der Waals surface area (Å²) in [5.41, 5.74) is 1.67. The molecule has 2 N–H and O–H groups in total. The molecule has 0 aliphatic heterocycles. The van der Waals surface area contributed by atoms with Gasteiger partial charge in [0.05, 0.1) is 33.7 Å². The van der Waals surface area contributed by atoms with Crippen LogP contribution in [-0.2, 0) is 4.74 Å². The van der Waals surface area contributed by atoms with Crippen molar-refractivity contribution in [2.24, 2.45) is 0 Å². The molecule has 1 amide bonds. The lowest BCUT2D eigenvalue weighted by molar-refractivity contribution is 0.0526. The number of phenolic OH excluding ortho intramolecular Hbond substituents is 1. The minimum Gasteiger partial charge on any atom is -0.504 e. The van der Waals surface area contributed by atoms with Crippen molar-refractivity contribution in [2.45, 2.75) is 18.7 Å². The average molecular weight is 507 g/mol. The largest absolute Gasteiger partial charge is 0.504 e. The van der Waals surface area contributed by atoms with E-state index in [1.807, 2.05) is 24.3 Å². The number of benzene rings is 2. The zero-order valence-electron chi connectivity index (χ0n) is 18.3. The number of hydrogen-bond acceptors (Lipinski definition) is 8. The van der Waals surface area contributed by atoms with Crippen molar-refractivity contribution < 1.29 is 24.2 Å². The van der Waals surface area contributed by atoms with Crippen molar-refractivity contribution in [2.75, 3.05) is 29.9 Å². The average Bonchev–Trinajstić information content (AvgIpc) is 3.16. The van der Waals surface area contributed by atoms with E-state index in [4.69, 9.17) is 21.1 Å². The zero-order valence-corrected chi connectivity index (χ0v) is 20.6. The molecule has 0 aliphatic rings. The molecule has 0 radical (unpaired) electrons. The van der Waals surface area contributed by atoms with E-state index in [9.17, 15) is 14.7 Å². The molecule has 10 heteroatoms. The van der Waals surface area contributed by atoms with Crippen LogP contribution in [0.25, 0.3) is 0 Å². The Morgan fingerprint density at radius 1 is 1.12 bits per heavy atom. The second-order valence-corrected chi connectivity index (χ2v) is 9.52. The molecule has 0 saturated heterocycles. The van der Waals surface area contributed by atoms with E-state index < -0.39 is 5.97 Å². The van der Waals surface area contributed by atoms with E-state index in [2.05, 4.69) is 5.32 Å². The van der Waals surface area contributed by atoms with E-state index in [1.165, 1.54) is 23.3 Å². The van der Waals surface area contributed by atoms with Crippen LogP contribution >= 0.6 is 34.9 Å². The summed E-state index contributed by atoms with van der Waals surface area (Å²) < 4.78 is 12.6. The third-order valence-electron chi connectivity index (χ3n) is 4.37. The van der Waals surface area contributed by atoms with Gasteiger partial charge in [0.1, 0.15) is 4.88 Å². The van der Waals surface area contributed by atoms with Crippen LogP contribution in [0, 0.1) is 0 Å². The number of aromatic hydroxyl groups is 1. The molecule has 33 heavy (non-hydrogen) atoms. The number of rotatable bonds is 9. The predicted molar refractivity (Wildman–Crippen MR) is 133 cm³/mol. The summed E-state index contributed by atoms with van der Waals surface area (Å²) in [4.78, 5) is 25.8. The van der Waals surface area contributed by atoms with Crippen molar-refractivity contribution in [1.29, 1.82) is 0 Å². The number of phenols is 1. The predicted octanol–water partition coefficient (Wildman–Crippen LogP) is 6.08. The monoisotopic (exact) mass is 506 g/mol. The van der Waals surface area contributed by atoms with Gasteiger partial charge in [0.2, 0.25) is 0 Å². The number of halogens is 1. The van der Waals surface area contributed by atoms with Gasteiger partial charge in [-0.25, -0.2) is 4.79 Å². The van der Waals surface area contributed by atoms with E-state index in [-0.39, 0.29) is 11.7 Å². The first-order valence-corrected chi connectivity index (χ1v) is 12.0. The highest BCUT2D eigenvalue weighted by molar-refractivity contribution is 8.00. The summed E-state index contributed by atoms with van der Waals surface area (Å²) in [6, 6.07) is 13.3. The number of thiophene rings is 1. The van der Waals surface area contributed by atoms with E-state index in [0.717, 1.165) is 5.69 Å². The lowest BCUT2D eigenvalue weighted by Crippen LogP contribution is -2.13. The molecule has 0 spiro atoms. The molecule has 7 nitrogen and oxygen atoms in total. The fraction of sp³-hybridized carbons (Fsp3) is 0.217. The van der Waals surface area contributed by atoms with Crippen LogP contribution in [0.2, 0.25) is 4.34 Å². The highest BCUT2D eigenvalue weighted by atomic mass is 35.5. The molecule has 3 rings (SSSR count). The van der Waals surface area contributed by atoms with Crippen LogP contribution in [-0.4, -0.2) is 37.2 Å². The van der Waals surface area contributed by atoms with E-state index in [0.29, 0.717) is 44.3 Å². The molecule has 2 aromatic carbocycles. The van der Waals surface area contributed by atoms with Gasteiger partial charge in [-0.1, -0.05) is 11.6 Å². The number of carbonyl (C=O) groups excluding carboxylic acids is 2. The summed E-state index contributed by atoms with van der Waals surface area (Å²) >= 11 is 8.68. The van der Waals surface area contributed by atoms with E-state index >= 15 is 0 Å². The van der Waals surface area contributed by atoms with E-state index in [1.54, 1.807) is 49.4 Å². The molecule has 0 unspecified atom stereocenters. The molecule has 0 saturated carbocycles. The smallest absolute Gasteiger partial charge is 0.338 e. The molecular weight excluding hydrogens is 484 g/mol. The van der Waals surface area contributed by atoms with Crippen molar-refractivity contribution in [1.82, 2.24) is 0 Å². The summed E-state index contributed by atoms with van der Waals surface area (Å²) in [6.45, 7) is 4.33. The fourth-order valence-electron chi connectivity index (χ4n) is 2.84. The second kappa shape index (κ2) is 11.3. The van der Waals surface area contributed by atoms with Crippen LogP contribution in [0.1, 0.15) is 33.9 Å². The molecule has 3 aromatic rings. The quantitative estimate of drug-likeness (QED) is 0.268. The van der Waals surface area contributed by atoms with Gasteiger partial charge in [0, 0.05) is 18.8 Å². The van der Waals surface area contributed by atoms with Crippen molar-refractivity contribution >= 4 is 58.1 Å².